The van der Waals surface area contributed by atoms with Crippen LogP contribution in [0.1, 0.15) is 42.0 Å². The molecule has 2 aromatic rings. The number of hydrogen-bond acceptors (Lipinski definition) is 0. The van der Waals surface area contributed by atoms with Crippen LogP contribution in [-0.2, 0) is 12.8 Å². The Hall–Kier alpha value is -1.56. The first kappa shape index (κ1) is 11.5. The van der Waals surface area contributed by atoms with E-state index in [1.807, 2.05) is 0 Å². The van der Waals surface area contributed by atoms with Crippen LogP contribution < -0.4 is 0 Å². The zero-order valence-electron chi connectivity index (χ0n) is 11.3. The minimum atomic E-state index is 1.11. The Labute approximate surface area is 110 Å². The van der Waals surface area contributed by atoms with Crippen LogP contribution in [0.4, 0.5) is 0 Å². The molecule has 0 nitrogen and oxygen atoms in total. The van der Waals surface area contributed by atoms with Crippen molar-refractivity contribution in [1.82, 2.24) is 0 Å². The smallest absolute Gasteiger partial charge is 0.00134 e. The Morgan fingerprint density at radius 1 is 1.00 bits per heavy atom. The first-order valence-electron chi connectivity index (χ1n) is 7.00. The van der Waals surface area contributed by atoms with Crippen molar-refractivity contribution in [2.75, 3.05) is 0 Å². The average Bonchev–Trinajstić information content (AvgIpc) is 2.73. The van der Waals surface area contributed by atoms with Crippen LogP contribution in [-0.4, -0.2) is 0 Å². The minimum Gasteiger partial charge on any atom is -0.0654 e. The zero-order chi connectivity index (χ0) is 12.5. The van der Waals surface area contributed by atoms with E-state index in [0.29, 0.717) is 0 Å². The van der Waals surface area contributed by atoms with Crippen LogP contribution in [0.25, 0.3) is 11.1 Å². The molecule has 0 aromatic heterocycles. The van der Waals surface area contributed by atoms with E-state index in [2.05, 4.69) is 50.2 Å². The average molecular weight is 236 g/mol. The molecule has 0 heteroatoms. The van der Waals surface area contributed by atoms with Gasteiger partial charge in [-0.15, -0.1) is 0 Å². The summed E-state index contributed by atoms with van der Waals surface area (Å²) in [6.45, 7) is 4.52. The van der Waals surface area contributed by atoms with Gasteiger partial charge >= 0.3 is 0 Å². The Morgan fingerprint density at radius 3 is 2.67 bits per heavy atom. The Balaban J connectivity index is 2.05. The van der Waals surface area contributed by atoms with E-state index in [-0.39, 0.29) is 0 Å². The number of rotatable bonds is 3. The number of benzene rings is 2. The van der Waals surface area contributed by atoms with E-state index >= 15 is 0 Å². The summed E-state index contributed by atoms with van der Waals surface area (Å²) < 4.78 is 0. The SMILES string of the molecule is CCCCc1cc2c(cc1C)Cc1ccccc1-2. The quantitative estimate of drug-likeness (QED) is 0.606. The zero-order valence-corrected chi connectivity index (χ0v) is 11.3. The third-order valence-corrected chi connectivity index (χ3v) is 4.05. The minimum absolute atomic E-state index is 1.11. The van der Waals surface area contributed by atoms with Crippen LogP contribution >= 0.6 is 0 Å². The maximum atomic E-state index is 2.44. The fraction of sp³-hybridized carbons (Fsp3) is 0.333. The molecular weight excluding hydrogens is 216 g/mol. The molecule has 3 rings (SSSR count). The van der Waals surface area contributed by atoms with Gasteiger partial charge in [0.25, 0.3) is 0 Å². The number of unbranched alkanes of at least 4 members (excludes halogenated alkanes) is 1. The van der Waals surface area contributed by atoms with Crippen molar-refractivity contribution in [2.45, 2.75) is 39.5 Å². The summed E-state index contributed by atoms with van der Waals surface area (Å²) in [6, 6.07) is 13.7. The molecule has 92 valence electrons. The standard InChI is InChI=1S/C18H20/c1-3-4-7-14-12-18-16(10-13(14)2)11-15-8-5-6-9-17(15)18/h5-6,8-10,12H,3-4,7,11H2,1-2H3. The van der Waals surface area contributed by atoms with Gasteiger partial charge in [-0.25, -0.2) is 0 Å². The first-order valence-corrected chi connectivity index (χ1v) is 7.00. The number of fused-ring (bicyclic) bond motifs is 3. The molecule has 0 saturated carbocycles. The third kappa shape index (κ3) is 1.86. The van der Waals surface area contributed by atoms with Gasteiger partial charge in [-0.1, -0.05) is 49.7 Å². The van der Waals surface area contributed by atoms with Gasteiger partial charge in [0.05, 0.1) is 0 Å². The van der Waals surface area contributed by atoms with Crippen LogP contribution in [0.15, 0.2) is 36.4 Å². The van der Waals surface area contributed by atoms with Gasteiger partial charge in [0, 0.05) is 0 Å². The van der Waals surface area contributed by atoms with Crippen molar-refractivity contribution in [3.8, 4) is 11.1 Å². The Kier molecular flexibility index (Phi) is 2.95. The second kappa shape index (κ2) is 4.61. The maximum absolute atomic E-state index is 2.44. The topological polar surface area (TPSA) is 0 Å². The van der Waals surface area contributed by atoms with Crippen LogP contribution in [0.2, 0.25) is 0 Å². The largest absolute Gasteiger partial charge is 0.0654 e. The normalized spacial score (nSPS) is 12.3. The van der Waals surface area contributed by atoms with E-state index in [4.69, 9.17) is 0 Å². The third-order valence-electron chi connectivity index (χ3n) is 4.05. The summed E-state index contributed by atoms with van der Waals surface area (Å²) >= 11 is 0. The molecule has 0 bridgehead atoms. The highest BCUT2D eigenvalue weighted by Crippen LogP contribution is 2.38. The highest BCUT2D eigenvalue weighted by atomic mass is 14.2. The molecule has 0 amide bonds. The van der Waals surface area contributed by atoms with Crippen LogP contribution in [0, 0.1) is 6.92 Å². The van der Waals surface area contributed by atoms with Gasteiger partial charge in [0.15, 0.2) is 0 Å². The van der Waals surface area contributed by atoms with E-state index < -0.39 is 0 Å². The molecule has 1 aliphatic carbocycles. The molecule has 0 radical (unpaired) electrons. The van der Waals surface area contributed by atoms with Crippen molar-refractivity contribution in [2.24, 2.45) is 0 Å². The van der Waals surface area contributed by atoms with Gasteiger partial charge in [0.1, 0.15) is 0 Å². The van der Waals surface area contributed by atoms with Crippen molar-refractivity contribution in [1.29, 1.82) is 0 Å². The predicted molar refractivity (Wildman–Crippen MR) is 78.0 cm³/mol. The van der Waals surface area contributed by atoms with Crippen molar-refractivity contribution in [3.05, 3.63) is 58.7 Å². The lowest BCUT2D eigenvalue weighted by molar-refractivity contribution is 0.791. The second-order valence-electron chi connectivity index (χ2n) is 5.37. The van der Waals surface area contributed by atoms with Gasteiger partial charge in [-0.3, -0.25) is 0 Å². The highest BCUT2D eigenvalue weighted by Gasteiger charge is 2.18. The summed E-state index contributed by atoms with van der Waals surface area (Å²) in [5.41, 5.74) is 8.92. The lowest BCUT2D eigenvalue weighted by Gasteiger charge is -2.09. The molecule has 18 heavy (non-hydrogen) atoms. The van der Waals surface area contributed by atoms with E-state index in [0.717, 1.165) is 6.42 Å². The number of hydrogen-bond donors (Lipinski definition) is 0. The van der Waals surface area contributed by atoms with Crippen molar-refractivity contribution >= 4 is 0 Å². The molecule has 0 heterocycles. The second-order valence-corrected chi connectivity index (χ2v) is 5.37. The first-order chi connectivity index (χ1) is 8.79. The molecule has 0 aliphatic heterocycles. The molecule has 0 N–H and O–H groups in total. The van der Waals surface area contributed by atoms with Gasteiger partial charge in [0.2, 0.25) is 0 Å². The van der Waals surface area contributed by atoms with Crippen LogP contribution in [0.5, 0.6) is 0 Å². The summed E-state index contributed by atoms with van der Waals surface area (Å²) in [4.78, 5) is 0. The molecule has 0 fully saturated rings. The van der Waals surface area contributed by atoms with Crippen LogP contribution in [0.3, 0.4) is 0 Å². The van der Waals surface area contributed by atoms with E-state index in [9.17, 15) is 0 Å². The highest BCUT2D eigenvalue weighted by molar-refractivity contribution is 5.77. The molecular formula is C18H20. The monoisotopic (exact) mass is 236 g/mol. The lowest BCUT2D eigenvalue weighted by Crippen LogP contribution is -1.92. The van der Waals surface area contributed by atoms with Gasteiger partial charge in [-0.05, 0) is 59.6 Å². The summed E-state index contributed by atoms with van der Waals surface area (Å²) in [5, 5.41) is 0. The maximum Gasteiger partial charge on any atom is -0.00134 e. The molecule has 2 aromatic carbocycles. The van der Waals surface area contributed by atoms with E-state index in [1.165, 1.54) is 52.6 Å². The molecule has 0 spiro atoms. The summed E-state index contributed by atoms with van der Waals surface area (Å²) in [6.07, 6.45) is 4.90. The molecule has 1 aliphatic rings. The lowest BCUT2D eigenvalue weighted by atomic mass is 9.96. The van der Waals surface area contributed by atoms with E-state index in [1.54, 1.807) is 0 Å². The Bertz CT molecular complexity index is 579. The molecule has 0 atom stereocenters. The number of aryl methyl sites for hydroxylation is 2. The van der Waals surface area contributed by atoms with Gasteiger partial charge < -0.3 is 0 Å². The molecule has 0 unspecified atom stereocenters. The Morgan fingerprint density at radius 2 is 1.83 bits per heavy atom. The predicted octanol–water partition coefficient (Wildman–Crippen LogP) is 4.91. The molecule has 0 saturated heterocycles. The summed E-state index contributed by atoms with van der Waals surface area (Å²) in [5.74, 6) is 0. The fourth-order valence-corrected chi connectivity index (χ4v) is 2.99. The fourth-order valence-electron chi connectivity index (χ4n) is 2.99. The van der Waals surface area contributed by atoms with Gasteiger partial charge in [-0.2, -0.15) is 0 Å². The summed E-state index contributed by atoms with van der Waals surface area (Å²) in [7, 11) is 0. The van der Waals surface area contributed by atoms with Crippen molar-refractivity contribution in [3.63, 3.8) is 0 Å². The van der Waals surface area contributed by atoms with Crippen molar-refractivity contribution < 1.29 is 0 Å².